The number of nitrogens with zero attached hydrogens (tertiary/aromatic N) is 1. The maximum absolute atomic E-state index is 12.6. The maximum Gasteiger partial charge on any atom is 0.232 e. The van der Waals surface area contributed by atoms with Gasteiger partial charge in [-0.05, 0) is 44.4 Å². The number of amides is 1. The summed E-state index contributed by atoms with van der Waals surface area (Å²) in [5, 5.41) is 7.16. The van der Waals surface area contributed by atoms with Crippen LogP contribution in [0.2, 0.25) is 0 Å². The Morgan fingerprint density at radius 2 is 2.12 bits per heavy atom. The minimum atomic E-state index is -0.552. The minimum Gasteiger partial charge on any atom is -0.454 e. The fourth-order valence-corrected chi connectivity index (χ4v) is 3.10. The molecule has 0 atom stereocenters. The molecule has 1 N–H and O–H groups in total. The Morgan fingerprint density at radius 3 is 2.92 bits per heavy atom. The molecule has 2 heterocycles. The Morgan fingerprint density at radius 1 is 1.27 bits per heavy atom. The van der Waals surface area contributed by atoms with E-state index in [4.69, 9.17) is 18.7 Å². The number of aromatic nitrogens is 1. The van der Waals surface area contributed by atoms with E-state index in [1.54, 1.807) is 0 Å². The summed E-state index contributed by atoms with van der Waals surface area (Å²) in [6, 6.07) is 7.45. The van der Waals surface area contributed by atoms with Crippen LogP contribution in [0, 0.1) is 0 Å². The van der Waals surface area contributed by atoms with Gasteiger partial charge in [0.15, 0.2) is 17.3 Å². The van der Waals surface area contributed by atoms with E-state index in [9.17, 15) is 4.79 Å². The van der Waals surface area contributed by atoms with Crippen LogP contribution in [0.5, 0.6) is 11.5 Å². The third-order valence-electron chi connectivity index (χ3n) is 4.80. The molecule has 1 amide bonds. The zero-order valence-electron chi connectivity index (χ0n) is 14.7. The number of benzene rings is 1. The largest absolute Gasteiger partial charge is 0.454 e. The lowest BCUT2D eigenvalue weighted by atomic mass is 10.00. The highest BCUT2D eigenvalue weighted by Gasteiger charge is 2.53. The molecule has 1 aliphatic heterocycles. The first-order chi connectivity index (χ1) is 12.7. The van der Waals surface area contributed by atoms with Gasteiger partial charge in [0.2, 0.25) is 12.7 Å². The van der Waals surface area contributed by atoms with Crippen LogP contribution in [0.1, 0.15) is 31.9 Å². The topological polar surface area (TPSA) is 82.8 Å². The smallest absolute Gasteiger partial charge is 0.232 e. The number of ether oxygens (including phenoxy) is 3. The molecule has 26 heavy (non-hydrogen) atoms. The van der Waals surface area contributed by atoms with E-state index in [2.05, 4.69) is 10.5 Å². The van der Waals surface area contributed by atoms with Gasteiger partial charge in [-0.3, -0.25) is 4.79 Å². The van der Waals surface area contributed by atoms with Crippen molar-refractivity contribution < 1.29 is 23.5 Å². The van der Waals surface area contributed by atoms with E-state index < -0.39 is 5.41 Å². The van der Waals surface area contributed by atoms with E-state index in [1.165, 1.54) is 0 Å². The zero-order chi connectivity index (χ0) is 18.0. The van der Waals surface area contributed by atoms with Crippen LogP contribution in [-0.4, -0.2) is 37.6 Å². The van der Waals surface area contributed by atoms with Gasteiger partial charge in [-0.25, -0.2) is 0 Å². The van der Waals surface area contributed by atoms with E-state index in [0.717, 1.165) is 30.6 Å². The van der Waals surface area contributed by atoms with Gasteiger partial charge in [-0.15, -0.1) is 0 Å². The Labute approximate surface area is 151 Å². The van der Waals surface area contributed by atoms with Gasteiger partial charge >= 0.3 is 0 Å². The first-order valence-corrected chi connectivity index (χ1v) is 8.96. The number of hydrogen-bond donors (Lipinski definition) is 1. The molecule has 1 aromatic carbocycles. The third-order valence-corrected chi connectivity index (χ3v) is 4.80. The Balaban J connectivity index is 1.43. The molecule has 1 saturated carbocycles. The van der Waals surface area contributed by atoms with E-state index >= 15 is 0 Å². The Bertz CT molecular complexity index is 797. The highest BCUT2D eigenvalue weighted by molar-refractivity contribution is 5.91. The Kier molecular flexibility index (Phi) is 4.55. The normalized spacial score (nSPS) is 16.5. The summed E-state index contributed by atoms with van der Waals surface area (Å²) < 4.78 is 21.5. The molecule has 2 aliphatic rings. The van der Waals surface area contributed by atoms with Gasteiger partial charge in [0, 0.05) is 31.4 Å². The first kappa shape index (κ1) is 16.9. The van der Waals surface area contributed by atoms with Crippen LogP contribution in [0.15, 0.2) is 28.8 Å². The van der Waals surface area contributed by atoms with Crippen molar-refractivity contribution in [3.05, 3.63) is 30.0 Å². The van der Waals surface area contributed by atoms with Crippen molar-refractivity contribution in [1.29, 1.82) is 0 Å². The molecule has 138 valence electrons. The highest BCUT2D eigenvalue weighted by atomic mass is 16.7. The molecule has 0 unspecified atom stereocenters. The standard InChI is InChI=1S/C19H22N2O5/c1-2-23-9-3-8-20-18(22)19(6-7-19)17-11-15(26-21-17)13-4-5-14-16(10-13)25-12-24-14/h4-5,10-11H,2-3,6-9,12H2,1H3,(H,20,22). The van der Waals surface area contributed by atoms with Gasteiger partial charge in [0.25, 0.3) is 0 Å². The van der Waals surface area contributed by atoms with Gasteiger partial charge in [0.1, 0.15) is 0 Å². The van der Waals surface area contributed by atoms with E-state index in [0.29, 0.717) is 37.0 Å². The quantitative estimate of drug-likeness (QED) is 0.731. The van der Waals surface area contributed by atoms with Crippen molar-refractivity contribution in [1.82, 2.24) is 10.5 Å². The van der Waals surface area contributed by atoms with Crippen LogP contribution in [0.25, 0.3) is 11.3 Å². The van der Waals surface area contributed by atoms with Crippen LogP contribution >= 0.6 is 0 Å². The second-order valence-electron chi connectivity index (χ2n) is 6.53. The summed E-state index contributed by atoms with van der Waals surface area (Å²) in [7, 11) is 0. The first-order valence-electron chi connectivity index (χ1n) is 8.96. The van der Waals surface area contributed by atoms with Crippen LogP contribution in [0.4, 0.5) is 0 Å². The van der Waals surface area contributed by atoms with Crippen LogP contribution in [-0.2, 0) is 14.9 Å². The predicted octanol–water partition coefficient (Wildman–Crippen LogP) is 2.64. The summed E-state index contributed by atoms with van der Waals surface area (Å²) in [5.74, 6) is 2.04. The lowest BCUT2D eigenvalue weighted by Crippen LogP contribution is -2.35. The lowest BCUT2D eigenvalue weighted by molar-refractivity contribution is -0.123. The second kappa shape index (κ2) is 6.99. The summed E-state index contributed by atoms with van der Waals surface area (Å²) in [6.07, 6.45) is 2.38. The zero-order valence-corrected chi connectivity index (χ0v) is 14.7. The molecule has 1 aromatic heterocycles. The molecule has 7 heteroatoms. The fourth-order valence-electron chi connectivity index (χ4n) is 3.10. The summed E-state index contributed by atoms with van der Waals surface area (Å²) in [5.41, 5.74) is 0.984. The van der Waals surface area contributed by atoms with Gasteiger partial charge in [-0.2, -0.15) is 0 Å². The summed E-state index contributed by atoms with van der Waals surface area (Å²) in [4.78, 5) is 12.6. The van der Waals surface area contributed by atoms with Crippen molar-refractivity contribution >= 4 is 5.91 Å². The number of nitrogens with one attached hydrogen (secondary N) is 1. The molecule has 0 radical (unpaired) electrons. The second-order valence-corrected chi connectivity index (χ2v) is 6.53. The molecule has 2 aromatic rings. The summed E-state index contributed by atoms with van der Waals surface area (Å²) in [6.45, 7) is 4.14. The average Bonchev–Trinajstić information content (AvgIpc) is 3.10. The molecule has 4 rings (SSSR count). The predicted molar refractivity (Wildman–Crippen MR) is 93.1 cm³/mol. The molecule has 0 bridgehead atoms. The average molecular weight is 358 g/mol. The highest BCUT2D eigenvalue weighted by Crippen LogP contribution is 2.48. The van der Waals surface area contributed by atoms with E-state index in [1.807, 2.05) is 31.2 Å². The Hall–Kier alpha value is -2.54. The van der Waals surface area contributed by atoms with Crippen molar-refractivity contribution in [2.45, 2.75) is 31.6 Å². The van der Waals surface area contributed by atoms with Crippen molar-refractivity contribution in [2.75, 3.05) is 26.6 Å². The summed E-state index contributed by atoms with van der Waals surface area (Å²) >= 11 is 0. The molecule has 1 fully saturated rings. The molecule has 1 aliphatic carbocycles. The molecular formula is C19H22N2O5. The minimum absolute atomic E-state index is 0.0135. The lowest BCUT2D eigenvalue weighted by Gasteiger charge is -2.12. The molecular weight excluding hydrogens is 336 g/mol. The van der Waals surface area contributed by atoms with Gasteiger partial charge in [0.05, 0.1) is 11.1 Å². The molecule has 7 nitrogen and oxygen atoms in total. The van der Waals surface area contributed by atoms with Crippen molar-refractivity contribution in [2.24, 2.45) is 0 Å². The number of fused-ring (bicyclic) bond motifs is 1. The maximum atomic E-state index is 12.6. The van der Waals surface area contributed by atoms with Crippen molar-refractivity contribution in [3.63, 3.8) is 0 Å². The number of carbonyl (C=O) groups excluding carboxylic acids is 1. The van der Waals surface area contributed by atoms with Crippen molar-refractivity contribution in [3.8, 4) is 22.8 Å². The molecule has 0 saturated heterocycles. The molecule has 0 spiro atoms. The third kappa shape index (κ3) is 3.14. The monoisotopic (exact) mass is 358 g/mol. The van der Waals surface area contributed by atoms with Gasteiger partial charge in [-0.1, -0.05) is 5.16 Å². The van der Waals surface area contributed by atoms with E-state index in [-0.39, 0.29) is 12.7 Å². The van der Waals surface area contributed by atoms with Crippen LogP contribution in [0.3, 0.4) is 0 Å². The number of carbonyl (C=O) groups is 1. The van der Waals surface area contributed by atoms with Crippen LogP contribution < -0.4 is 14.8 Å². The van der Waals surface area contributed by atoms with Gasteiger partial charge < -0.3 is 24.1 Å². The SMILES string of the molecule is CCOCCCNC(=O)C1(c2cc(-c3ccc4c(c3)OCO4)on2)CC1. The fraction of sp³-hybridized carbons (Fsp3) is 0.474. The number of hydrogen-bond acceptors (Lipinski definition) is 6. The number of rotatable bonds is 8.